The first-order valence-corrected chi connectivity index (χ1v) is 10.4. The van der Waals surface area contributed by atoms with Crippen molar-refractivity contribution in [3.8, 4) is 23.0 Å². The van der Waals surface area contributed by atoms with E-state index in [1.807, 2.05) is 6.07 Å². The second-order valence-electron chi connectivity index (χ2n) is 7.97. The van der Waals surface area contributed by atoms with Crippen molar-refractivity contribution in [1.82, 2.24) is 0 Å². The predicted molar refractivity (Wildman–Crippen MR) is 113 cm³/mol. The molecule has 0 amide bonds. The quantitative estimate of drug-likeness (QED) is 0.742. The molecule has 1 saturated heterocycles. The monoisotopic (exact) mass is 410 g/mol. The van der Waals surface area contributed by atoms with E-state index in [9.17, 15) is 9.90 Å². The number of ketones is 1. The molecule has 4 rings (SSSR count). The number of piperidine rings is 1. The summed E-state index contributed by atoms with van der Waals surface area (Å²) in [6.07, 6.45) is 5.28. The average molecular weight is 410 g/mol. The minimum Gasteiger partial charge on any atom is -0.507 e. The lowest BCUT2D eigenvalue weighted by atomic mass is 10.0. The van der Waals surface area contributed by atoms with Gasteiger partial charge >= 0.3 is 0 Å². The standard InChI is InChI=1S/C24H27NO5/c1-15-6-4-5-11-25(15)14-19-20(26)10-9-18-23(27)22(30-24(18)19)12-16-7-8-17(28-2)13-21(16)29-3/h7-10,12-13,15,26H,4-6,11,14H2,1-3H3/p+1/t15-/m0/s1. The lowest BCUT2D eigenvalue weighted by molar-refractivity contribution is -0.941. The zero-order valence-corrected chi connectivity index (χ0v) is 17.7. The van der Waals surface area contributed by atoms with E-state index in [2.05, 4.69) is 6.92 Å². The molecule has 2 N–H and O–H groups in total. The van der Waals surface area contributed by atoms with Crippen LogP contribution in [0.2, 0.25) is 0 Å². The van der Waals surface area contributed by atoms with Crippen molar-refractivity contribution in [2.45, 2.75) is 38.8 Å². The number of methoxy groups -OCH3 is 2. The van der Waals surface area contributed by atoms with Gasteiger partial charge < -0.3 is 24.2 Å². The number of allylic oxidation sites excluding steroid dienone is 1. The normalized spacial score (nSPS) is 22.0. The predicted octanol–water partition coefficient (Wildman–Crippen LogP) is 2.98. The highest BCUT2D eigenvalue weighted by molar-refractivity contribution is 6.15. The van der Waals surface area contributed by atoms with Crippen LogP contribution in [0, 0.1) is 0 Å². The van der Waals surface area contributed by atoms with Crippen molar-refractivity contribution in [1.29, 1.82) is 0 Å². The molecule has 2 heterocycles. The second kappa shape index (κ2) is 8.40. The lowest BCUT2D eigenvalue weighted by Crippen LogP contribution is -3.14. The van der Waals surface area contributed by atoms with Gasteiger partial charge in [-0.15, -0.1) is 0 Å². The number of hydrogen-bond acceptors (Lipinski definition) is 5. The molecule has 0 saturated carbocycles. The molecule has 30 heavy (non-hydrogen) atoms. The third-order valence-corrected chi connectivity index (χ3v) is 6.13. The third kappa shape index (κ3) is 3.75. The molecule has 2 aliphatic heterocycles. The molecule has 0 aromatic heterocycles. The number of rotatable bonds is 5. The smallest absolute Gasteiger partial charge is 0.231 e. The van der Waals surface area contributed by atoms with Crippen LogP contribution in [0.3, 0.4) is 0 Å². The summed E-state index contributed by atoms with van der Waals surface area (Å²) in [6.45, 7) is 3.94. The van der Waals surface area contributed by atoms with Gasteiger partial charge in [0.1, 0.15) is 23.8 Å². The van der Waals surface area contributed by atoms with Gasteiger partial charge in [0.2, 0.25) is 5.78 Å². The molecule has 0 radical (unpaired) electrons. The third-order valence-electron chi connectivity index (χ3n) is 6.13. The van der Waals surface area contributed by atoms with Gasteiger partial charge in [0.05, 0.1) is 37.9 Å². The van der Waals surface area contributed by atoms with Gasteiger partial charge in [0.25, 0.3) is 0 Å². The molecule has 2 aliphatic rings. The van der Waals surface area contributed by atoms with Crippen molar-refractivity contribution in [3.05, 3.63) is 52.8 Å². The number of Topliss-reactive ketones (excluding diaryl/α,β-unsaturated/α-hetero) is 1. The number of carbonyl (C=O) groups excluding carboxylic acids is 1. The number of hydrogen-bond donors (Lipinski definition) is 2. The van der Waals surface area contributed by atoms with E-state index in [0.717, 1.165) is 12.1 Å². The first-order chi connectivity index (χ1) is 14.5. The van der Waals surface area contributed by atoms with Gasteiger partial charge in [-0.05, 0) is 56.5 Å². The summed E-state index contributed by atoms with van der Waals surface area (Å²) in [5.74, 6) is 1.94. The minimum absolute atomic E-state index is 0.176. The second-order valence-corrected chi connectivity index (χ2v) is 7.97. The van der Waals surface area contributed by atoms with Crippen LogP contribution < -0.4 is 19.1 Å². The van der Waals surface area contributed by atoms with Gasteiger partial charge in [-0.25, -0.2) is 0 Å². The fraction of sp³-hybridized carbons (Fsp3) is 0.375. The molecule has 1 unspecified atom stereocenters. The van der Waals surface area contributed by atoms with E-state index in [1.165, 1.54) is 24.2 Å². The molecule has 0 spiro atoms. The molecular formula is C24H28NO5+. The Morgan fingerprint density at radius 2 is 2.03 bits per heavy atom. The largest absolute Gasteiger partial charge is 0.507 e. The molecule has 158 valence electrons. The molecule has 1 fully saturated rings. The number of benzene rings is 2. The van der Waals surface area contributed by atoms with E-state index >= 15 is 0 Å². The summed E-state index contributed by atoms with van der Waals surface area (Å²) in [4.78, 5) is 14.4. The summed E-state index contributed by atoms with van der Waals surface area (Å²) < 4.78 is 16.7. The number of carbonyl (C=O) groups is 1. The van der Waals surface area contributed by atoms with Gasteiger partial charge in [-0.2, -0.15) is 0 Å². The fourth-order valence-corrected chi connectivity index (χ4v) is 4.29. The summed E-state index contributed by atoms with van der Waals surface area (Å²) in [6, 6.07) is 9.14. The van der Waals surface area contributed by atoms with Gasteiger partial charge in [0, 0.05) is 11.6 Å². The van der Waals surface area contributed by atoms with Crippen LogP contribution in [0.15, 0.2) is 36.1 Å². The number of phenols is 1. The highest BCUT2D eigenvalue weighted by Crippen LogP contribution is 2.40. The van der Waals surface area contributed by atoms with Gasteiger partial charge in [-0.1, -0.05) is 0 Å². The molecule has 0 aliphatic carbocycles. The maximum Gasteiger partial charge on any atom is 0.231 e. The highest BCUT2D eigenvalue weighted by atomic mass is 16.5. The van der Waals surface area contributed by atoms with Crippen molar-refractivity contribution >= 4 is 11.9 Å². The number of likely N-dealkylation sites (tertiary alicyclic amines) is 1. The zero-order chi connectivity index (χ0) is 21.3. The fourth-order valence-electron chi connectivity index (χ4n) is 4.29. The number of nitrogens with one attached hydrogen (secondary N) is 1. The highest BCUT2D eigenvalue weighted by Gasteiger charge is 2.34. The lowest BCUT2D eigenvalue weighted by Gasteiger charge is -2.30. The van der Waals surface area contributed by atoms with E-state index in [4.69, 9.17) is 14.2 Å². The van der Waals surface area contributed by atoms with Crippen LogP contribution in [-0.2, 0) is 6.54 Å². The van der Waals surface area contributed by atoms with Gasteiger partial charge in [0.15, 0.2) is 11.5 Å². The molecule has 6 nitrogen and oxygen atoms in total. The molecule has 0 bridgehead atoms. The Morgan fingerprint density at radius 1 is 1.20 bits per heavy atom. The van der Waals surface area contributed by atoms with Crippen molar-refractivity contribution in [3.63, 3.8) is 0 Å². The van der Waals surface area contributed by atoms with Crippen molar-refractivity contribution in [2.75, 3.05) is 20.8 Å². The Labute approximate surface area is 176 Å². The van der Waals surface area contributed by atoms with Crippen LogP contribution >= 0.6 is 0 Å². The molecule has 2 aromatic rings. The first-order valence-electron chi connectivity index (χ1n) is 10.4. The van der Waals surface area contributed by atoms with E-state index < -0.39 is 0 Å². The zero-order valence-electron chi connectivity index (χ0n) is 17.7. The van der Waals surface area contributed by atoms with Crippen LogP contribution in [0.4, 0.5) is 0 Å². The number of ether oxygens (including phenoxy) is 3. The Morgan fingerprint density at radius 3 is 2.77 bits per heavy atom. The van der Waals surface area contributed by atoms with E-state index in [0.29, 0.717) is 41.0 Å². The van der Waals surface area contributed by atoms with Crippen molar-refractivity contribution in [2.24, 2.45) is 0 Å². The summed E-state index contributed by atoms with van der Waals surface area (Å²) in [5.41, 5.74) is 1.91. The van der Waals surface area contributed by atoms with Gasteiger partial charge in [-0.3, -0.25) is 4.79 Å². The summed E-state index contributed by atoms with van der Waals surface area (Å²) >= 11 is 0. The van der Waals surface area contributed by atoms with Crippen LogP contribution in [0.25, 0.3) is 6.08 Å². The first kappa shape index (κ1) is 20.3. The molecule has 6 heteroatoms. The summed E-state index contributed by atoms with van der Waals surface area (Å²) in [7, 11) is 3.16. The van der Waals surface area contributed by atoms with E-state index in [1.54, 1.807) is 44.6 Å². The Bertz CT molecular complexity index is 997. The SMILES string of the molecule is COc1ccc(C=C2Oc3c(ccc(O)c3C[NH+]3CCCC[C@@H]3C)C2=O)c(OC)c1. The van der Waals surface area contributed by atoms with E-state index in [-0.39, 0.29) is 17.3 Å². The van der Waals surface area contributed by atoms with Crippen LogP contribution in [0.5, 0.6) is 23.0 Å². The maximum atomic E-state index is 13.0. The Balaban J connectivity index is 1.67. The Hall–Kier alpha value is -2.99. The molecule has 2 aromatic carbocycles. The number of aromatic hydroxyl groups is 1. The topological polar surface area (TPSA) is 69.4 Å². The summed E-state index contributed by atoms with van der Waals surface area (Å²) in [5, 5.41) is 10.5. The minimum atomic E-state index is -0.189. The van der Waals surface area contributed by atoms with Crippen LogP contribution in [0.1, 0.15) is 47.7 Å². The van der Waals surface area contributed by atoms with Crippen LogP contribution in [-0.4, -0.2) is 37.7 Å². The number of fused-ring (bicyclic) bond motifs is 1. The molecular weight excluding hydrogens is 382 g/mol. The maximum absolute atomic E-state index is 13.0. The average Bonchev–Trinajstić information content (AvgIpc) is 3.07. The number of quaternary nitrogens is 1. The Kier molecular flexibility index (Phi) is 5.68. The molecule has 2 atom stereocenters. The van der Waals surface area contributed by atoms with Crippen molar-refractivity contribution < 1.29 is 29.0 Å². The number of phenolic OH excluding ortho intramolecular Hbond substituents is 1.